The molecule has 1 heterocycles. The molecule has 0 aliphatic heterocycles. The molecule has 0 spiro atoms. The number of halogens is 7. The van der Waals surface area contributed by atoms with Crippen molar-refractivity contribution >= 4 is 39.8 Å². The van der Waals surface area contributed by atoms with Gasteiger partial charge in [-0.15, -0.1) is 5.10 Å². The number of benzene rings is 4. The molecule has 0 radical (unpaired) electrons. The molecule has 0 saturated carbocycles. The van der Waals surface area contributed by atoms with Gasteiger partial charge < -0.3 is 10.5 Å². The lowest BCUT2D eigenvalue weighted by Gasteiger charge is -2.13. The van der Waals surface area contributed by atoms with Crippen molar-refractivity contribution in [3.63, 3.8) is 0 Å². The average molecular weight is 729 g/mol. The van der Waals surface area contributed by atoms with Crippen LogP contribution in [0.5, 0.6) is 0 Å². The van der Waals surface area contributed by atoms with E-state index < -0.39 is 29.4 Å². The lowest BCUT2D eigenvalue weighted by molar-refractivity contribution is -0.140. The van der Waals surface area contributed by atoms with E-state index in [0.29, 0.717) is 16.7 Å². The van der Waals surface area contributed by atoms with Gasteiger partial charge in [0, 0.05) is 21.2 Å². The van der Waals surface area contributed by atoms with Gasteiger partial charge in [0.25, 0.3) is 0 Å². The number of rotatable bonds is 8. The minimum absolute atomic E-state index is 0.00380. The number of ether oxygens (including phenoxy) is 1. The van der Waals surface area contributed by atoms with Crippen molar-refractivity contribution in [2.24, 2.45) is 15.7 Å². The average Bonchev–Trinajstić information content (AvgIpc) is 3.50. The number of carbonyl (C=O) groups is 1. The number of hydrogen-bond donors (Lipinski definition) is 1. The molecule has 0 aliphatic carbocycles. The fourth-order valence-electron chi connectivity index (χ4n) is 4.44. The van der Waals surface area contributed by atoms with Gasteiger partial charge >= 0.3 is 18.3 Å². The summed E-state index contributed by atoms with van der Waals surface area (Å²) in [6.07, 6.45) is -8.31. The Labute approximate surface area is 277 Å². The van der Waals surface area contributed by atoms with Gasteiger partial charge in [0.1, 0.15) is 12.2 Å². The Hall–Kier alpha value is -5.31. The summed E-state index contributed by atoms with van der Waals surface area (Å²) in [7, 11) is 1.26. The van der Waals surface area contributed by atoms with Gasteiger partial charge in [-0.3, -0.25) is 4.79 Å². The number of amidine groups is 1. The van der Waals surface area contributed by atoms with Gasteiger partial charge in [-0.05, 0) is 60.2 Å². The lowest BCUT2D eigenvalue weighted by Crippen LogP contribution is -2.13. The molecule has 4 aromatic carbocycles. The van der Waals surface area contributed by atoms with Gasteiger partial charge in [-0.25, -0.2) is 19.7 Å². The molecular formula is C33H23BrF6N6O2. The largest absolute Gasteiger partial charge is 0.469 e. The summed E-state index contributed by atoms with van der Waals surface area (Å²) in [6.45, 7) is 0. The fourth-order valence-corrected chi connectivity index (χ4v) is 4.71. The van der Waals surface area contributed by atoms with E-state index in [9.17, 15) is 31.1 Å². The second kappa shape index (κ2) is 13.8. The summed E-state index contributed by atoms with van der Waals surface area (Å²) in [6, 6.07) is 20.0. The van der Waals surface area contributed by atoms with Crippen molar-refractivity contribution < 1.29 is 35.9 Å². The Morgan fingerprint density at radius 1 is 0.896 bits per heavy atom. The summed E-state index contributed by atoms with van der Waals surface area (Å²) in [5, 5.41) is 4.46. The third kappa shape index (κ3) is 7.97. The Morgan fingerprint density at radius 3 is 2.12 bits per heavy atom. The summed E-state index contributed by atoms with van der Waals surface area (Å²) < 4.78 is 88.4. The molecule has 48 heavy (non-hydrogen) atoms. The zero-order valence-electron chi connectivity index (χ0n) is 24.7. The van der Waals surface area contributed by atoms with Gasteiger partial charge in [-0.1, -0.05) is 52.3 Å². The zero-order chi connectivity index (χ0) is 34.6. The van der Waals surface area contributed by atoms with Crippen LogP contribution in [0.3, 0.4) is 0 Å². The van der Waals surface area contributed by atoms with Crippen LogP contribution in [0.4, 0.5) is 32.0 Å². The Morgan fingerprint density at radius 2 is 1.52 bits per heavy atom. The molecule has 0 aliphatic rings. The number of alkyl halides is 6. The van der Waals surface area contributed by atoms with Crippen molar-refractivity contribution in [1.29, 1.82) is 0 Å². The first-order valence-electron chi connectivity index (χ1n) is 13.9. The van der Waals surface area contributed by atoms with Crippen LogP contribution in [-0.4, -0.2) is 40.0 Å². The summed E-state index contributed by atoms with van der Waals surface area (Å²) in [4.78, 5) is 24.6. The first-order chi connectivity index (χ1) is 22.7. The molecule has 2 N–H and O–H groups in total. The standard InChI is InChI=1S/C33H23BrF6N6O2/c1-48-28(47)16-19-2-4-21(5-3-19)30-44-31(46(45-30)25-13-8-22(9-14-25)32(35,36)37)26-17-23(33(38,39)40)10-15-27(26)42-18-43-29(41)20-6-11-24(34)12-7-20/h2-15,17-18H,16H2,1H3,(H2,41,42,43). The molecule has 0 bridgehead atoms. The maximum atomic E-state index is 13.9. The topological polar surface area (TPSA) is 108 Å². The number of esters is 1. The van der Waals surface area contributed by atoms with Crippen molar-refractivity contribution in [2.45, 2.75) is 18.8 Å². The maximum Gasteiger partial charge on any atom is 0.416 e. The normalized spacial score (nSPS) is 12.5. The van der Waals surface area contributed by atoms with Crippen LogP contribution in [0.2, 0.25) is 0 Å². The van der Waals surface area contributed by atoms with Crippen molar-refractivity contribution in [1.82, 2.24) is 14.8 Å². The number of aliphatic imine (C=N–C) groups is 2. The van der Waals surface area contributed by atoms with E-state index >= 15 is 0 Å². The van der Waals surface area contributed by atoms with Crippen molar-refractivity contribution in [3.05, 3.63) is 118 Å². The fraction of sp³-hybridized carbons (Fsp3) is 0.121. The molecule has 5 aromatic rings. The second-order valence-electron chi connectivity index (χ2n) is 10.2. The number of nitrogens with two attached hydrogens (primary N) is 1. The van der Waals surface area contributed by atoms with Crippen LogP contribution in [0, 0.1) is 0 Å². The molecule has 1 aromatic heterocycles. The number of carbonyl (C=O) groups excluding carboxylic acids is 1. The maximum absolute atomic E-state index is 13.9. The quantitative estimate of drug-likeness (QED) is 0.0751. The number of hydrogen-bond acceptors (Lipinski definition) is 5. The molecule has 246 valence electrons. The molecule has 0 unspecified atom stereocenters. The highest BCUT2D eigenvalue weighted by Crippen LogP contribution is 2.38. The third-order valence-corrected chi connectivity index (χ3v) is 7.46. The van der Waals surface area contributed by atoms with E-state index in [2.05, 4.69) is 40.7 Å². The Bertz CT molecular complexity index is 1990. The van der Waals surface area contributed by atoms with Gasteiger partial charge in [-0.2, -0.15) is 26.3 Å². The first kappa shape index (κ1) is 34.0. The van der Waals surface area contributed by atoms with Gasteiger partial charge in [0.2, 0.25) is 0 Å². The van der Waals surface area contributed by atoms with E-state index in [1.807, 2.05) is 0 Å². The molecule has 15 heteroatoms. The molecule has 8 nitrogen and oxygen atoms in total. The van der Waals surface area contributed by atoms with E-state index in [1.165, 1.54) is 7.11 Å². The zero-order valence-corrected chi connectivity index (χ0v) is 26.3. The number of methoxy groups -OCH3 is 1. The van der Waals surface area contributed by atoms with E-state index in [1.54, 1.807) is 48.5 Å². The van der Waals surface area contributed by atoms with Crippen LogP contribution in [0.1, 0.15) is 22.3 Å². The number of aromatic nitrogens is 3. The minimum Gasteiger partial charge on any atom is -0.469 e. The lowest BCUT2D eigenvalue weighted by atomic mass is 10.1. The molecule has 0 fully saturated rings. The smallest absolute Gasteiger partial charge is 0.416 e. The third-order valence-electron chi connectivity index (χ3n) is 6.93. The van der Waals surface area contributed by atoms with E-state index in [4.69, 9.17) is 5.73 Å². The second-order valence-corrected chi connectivity index (χ2v) is 11.1. The Kier molecular flexibility index (Phi) is 9.79. The van der Waals surface area contributed by atoms with Crippen LogP contribution in [-0.2, 0) is 28.3 Å². The monoisotopic (exact) mass is 728 g/mol. The summed E-state index contributed by atoms with van der Waals surface area (Å²) >= 11 is 3.33. The minimum atomic E-state index is -4.75. The molecule has 5 rings (SSSR count). The highest BCUT2D eigenvalue weighted by molar-refractivity contribution is 9.10. The highest BCUT2D eigenvalue weighted by atomic mass is 79.9. The summed E-state index contributed by atoms with van der Waals surface area (Å²) in [5.74, 6) is -0.480. The SMILES string of the molecule is COC(=O)Cc1ccc(-c2nc(-c3cc(C(F)(F)F)ccc3N=CN=C(N)c3ccc(Br)cc3)n(-c3ccc(C(F)(F)F)cc3)n2)cc1. The predicted molar refractivity (Wildman–Crippen MR) is 171 cm³/mol. The highest BCUT2D eigenvalue weighted by Gasteiger charge is 2.33. The number of nitrogens with zero attached hydrogens (tertiary/aromatic N) is 5. The predicted octanol–water partition coefficient (Wildman–Crippen LogP) is 8.18. The summed E-state index contributed by atoms with van der Waals surface area (Å²) in [5.41, 5.74) is 5.65. The van der Waals surface area contributed by atoms with Crippen LogP contribution < -0.4 is 5.73 Å². The van der Waals surface area contributed by atoms with E-state index in [-0.39, 0.29) is 40.8 Å². The van der Waals surface area contributed by atoms with Gasteiger partial charge in [0.05, 0.1) is 36.0 Å². The van der Waals surface area contributed by atoms with E-state index in [0.717, 1.165) is 58.0 Å². The van der Waals surface area contributed by atoms with Crippen molar-refractivity contribution in [2.75, 3.05) is 7.11 Å². The van der Waals surface area contributed by atoms with Crippen LogP contribution >= 0.6 is 15.9 Å². The molecular weight excluding hydrogens is 706 g/mol. The Balaban J connectivity index is 1.65. The first-order valence-corrected chi connectivity index (χ1v) is 14.7. The van der Waals surface area contributed by atoms with Crippen molar-refractivity contribution in [3.8, 4) is 28.5 Å². The van der Waals surface area contributed by atoms with Crippen LogP contribution in [0.25, 0.3) is 28.5 Å². The van der Waals surface area contributed by atoms with Gasteiger partial charge in [0.15, 0.2) is 11.6 Å². The molecule has 0 amide bonds. The molecule has 0 atom stereocenters. The molecule has 0 saturated heterocycles. The van der Waals surface area contributed by atoms with Crippen LogP contribution in [0.15, 0.2) is 105 Å².